The molecular weight excluding hydrogens is 769 g/mol. The van der Waals surface area contributed by atoms with Crippen molar-refractivity contribution in [1.82, 2.24) is 14.1 Å². The summed E-state index contributed by atoms with van der Waals surface area (Å²) in [5.41, 5.74) is 15.6. The molecule has 4 heteroatoms. The van der Waals surface area contributed by atoms with E-state index in [2.05, 4.69) is 202 Å². The maximum atomic E-state index is 5.55. The molecule has 3 aliphatic rings. The molecule has 1 saturated carbocycles. The molecule has 3 atom stereocenters. The van der Waals surface area contributed by atoms with E-state index in [0.717, 1.165) is 30.8 Å². The molecule has 3 aromatic heterocycles. The average molecular weight is 810 g/mol. The van der Waals surface area contributed by atoms with Gasteiger partial charge in [0.25, 0.3) is 0 Å². The maximum Gasteiger partial charge on any atom is 0.138 e. The van der Waals surface area contributed by atoms with Crippen molar-refractivity contribution >= 4 is 55.5 Å². The number of benzene rings is 5. The van der Waals surface area contributed by atoms with Gasteiger partial charge in [-0.1, -0.05) is 150 Å². The zero-order valence-electron chi connectivity index (χ0n) is 30.2. The molecule has 5 aromatic carbocycles. The van der Waals surface area contributed by atoms with E-state index in [1.165, 1.54) is 72.3 Å². The van der Waals surface area contributed by atoms with E-state index in [4.69, 9.17) is 4.98 Å². The summed E-state index contributed by atoms with van der Waals surface area (Å²) in [5.74, 6) is 2.27. The largest absolute Gasteiger partial charge is 0.313 e. The highest BCUT2D eigenvalue weighted by Crippen LogP contribution is 2.66. The zero-order chi connectivity index (χ0) is 36.2. The van der Waals surface area contributed by atoms with Crippen molar-refractivity contribution in [2.75, 3.05) is 4.93 Å². The van der Waals surface area contributed by atoms with E-state index >= 15 is 0 Å². The predicted molar refractivity (Wildman–Crippen MR) is 234 cm³/mol. The number of hydrogen-bond donors (Lipinski definition) is 0. The lowest BCUT2D eigenvalue weighted by molar-refractivity contribution is 0.762. The van der Waals surface area contributed by atoms with E-state index in [1.807, 2.05) is 4.93 Å². The first-order valence-electron chi connectivity index (χ1n) is 19.0. The molecule has 11 rings (SSSR count). The third kappa shape index (κ3) is 5.41. The Labute approximate surface area is 330 Å². The molecule has 3 aliphatic carbocycles. The highest BCUT2D eigenvalue weighted by Gasteiger charge is 2.51. The van der Waals surface area contributed by atoms with Gasteiger partial charge in [-0.2, -0.15) is 0 Å². The first-order chi connectivity index (χ1) is 26.8. The number of allylic oxidation sites excluding steroid dienone is 4. The monoisotopic (exact) mass is 809 g/mol. The third-order valence-corrected chi connectivity index (χ3v) is 11.6. The van der Waals surface area contributed by atoms with Gasteiger partial charge < -0.3 is 4.57 Å². The van der Waals surface area contributed by atoms with E-state index < -0.39 is 0 Å². The van der Waals surface area contributed by atoms with Crippen molar-refractivity contribution in [3.63, 3.8) is 0 Å². The lowest BCUT2D eigenvalue weighted by Crippen LogP contribution is -2.08. The zero-order valence-corrected chi connectivity index (χ0v) is 32.4. The molecule has 8 aromatic rings. The van der Waals surface area contributed by atoms with Gasteiger partial charge in [-0.05, 0) is 88.9 Å². The number of aromatic nitrogens is 3. The molecule has 262 valence electrons. The van der Waals surface area contributed by atoms with Gasteiger partial charge in [0.2, 0.25) is 0 Å². The normalized spacial score (nSPS) is 18.4. The van der Waals surface area contributed by atoms with Crippen molar-refractivity contribution < 1.29 is 0 Å². The smallest absolute Gasteiger partial charge is 0.138 e. The summed E-state index contributed by atoms with van der Waals surface area (Å²) in [4.78, 5) is 7.52. The topological polar surface area (TPSA) is 22.8 Å². The summed E-state index contributed by atoms with van der Waals surface area (Å²) in [5, 5.41) is 2.63. The van der Waals surface area contributed by atoms with E-state index in [9.17, 15) is 0 Å². The lowest BCUT2D eigenvalue weighted by atomic mass is 9.91. The summed E-state index contributed by atoms with van der Waals surface area (Å²) in [6.45, 7) is 0. The molecule has 0 radical (unpaired) electrons. The molecule has 3 heterocycles. The summed E-state index contributed by atoms with van der Waals surface area (Å²) in [6.07, 6.45) is 8.01. The summed E-state index contributed by atoms with van der Waals surface area (Å²) in [6, 6.07) is 57.3. The molecule has 54 heavy (non-hydrogen) atoms. The number of pyridine rings is 1. The number of alkyl halides is 1. The van der Waals surface area contributed by atoms with Crippen LogP contribution in [0.5, 0.6) is 0 Å². The van der Waals surface area contributed by atoms with Gasteiger partial charge in [0, 0.05) is 56.7 Å². The van der Waals surface area contributed by atoms with Gasteiger partial charge >= 0.3 is 0 Å². The van der Waals surface area contributed by atoms with Crippen LogP contribution in [0.1, 0.15) is 65.2 Å². The van der Waals surface area contributed by atoms with Crippen LogP contribution in [-0.4, -0.2) is 19.0 Å². The van der Waals surface area contributed by atoms with E-state index in [0.29, 0.717) is 17.8 Å². The van der Waals surface area contributed by atoms with Crippen LogP contribution in [0.4, 0.5) is 0 Å². The molecular formula is C50H40IN3. The van der Waals surface area contributed by atoms with Gasteiger partial charge in [0.1, 0.15) is 5.82 Å². The number of nitrogens with zero attached hydrogens (tertiary/aromatic N) is 3. The highest BCUT2D eigenvalue weighted by atomic mass is 127. The van der Waals surface area contributed by atoms with Gasteiger partial charge in [0.05, 0.1) is 16.7 Å². The van der Waals surface area contributed by atoms with Crippen LogP contribution in [0, 0.1) is 0 Å². The Morgan fingerprint density at radius 3 is 1.83 bits per heavy atom. The first kappa shape index (κ1) is 33.1. The fourth-order valence-corrected chi connectivity index (χ4v) is 9.27. The second kappa shape index (κ2) is 13.7. The number of rotatable bonds is 5. The summed E-state index contributed by atoms with van der Waals surface area (Å²) in [7, 11) is 0. The molecule has 0 aliphatic heterocycles. The molecule has 0 saturated heterocycles. The minimum absolute atomic E-state index is 0.341. The lowest BCUT2D eigenvalue weighted by Gasteiger charge is -2.19. The van der Waals surface area contributed by atoms with Crippen molar-refractivity contribution in [3.8, 4) is 22.6 Å². The summed E-state index contributed by atoms with van der Waals surface area (Å²) >= 11 is 2.15. The van der Waals surface area contributed by atoms with E-state index in [-0.39, 0.29) is 0 Å². The number of hydrogen-bond acceptors (Lipinski definition) is 1. The average Bonchev–Trinajstić information content (AvgIpc) is 3.94. The Morgan fingerprint density at radius 1 is 0.574 bits per heavy atom. The van der Waals surface area contributed by atoms with Crippen LogP contribution in [0.2, 0.25) is 0 Å². The van der Waals surface area contributed by atoms with Crippen molar-refractivity contribution in [2.24, 2.45) is 0 Å². The van der Waals surface area contributed by atoms with Gasteiger partial charge in [-0.15, -0.1) is 0 Å². The Morgan fingerprint density at radius 2 is 1.15 bits per heavy atom. The van der Waals surface area contributed by atoms with E-state index in [1.54, 1.807) is 0 Å². The number of para-hydroxylation sites is 3. The fraction of sp³-hybridized carbons (Fsp3) is 0.140. The van der Waals surface area contributed by atoms with Crippen LogP contribution in [-0.2, 0) is 0 Å². The molecule has 0 N–H and O–H groups in total. The van der Waals surface area contributed by atoms with Crippen LogP contribution in [0.15, 0.2) is 170 Å². The van der Waals surface area contributed by atoms with Crippen LogP contribution in [0.25, 0.3) is 55.6 Å². The Balaban J connectivity index is 0.00000178. The molecule has 0 amide bonds. The Kier molecular flexibility index (Phi) is 8.44. The molecule has 0 spiro atoms. The standard InChI is InChI=1S/C49H37N3.CH3I/c1-4-15-32(16-5-1)34-27-28-35(30-36(29-34)33-17-6-2-7-18-33)42-23-14-26-45(50-42)52-44-25-13-11-22-39(44)47-46-38-21-10-12-24-43(38)51(37-19-8-3-9-20-37)48(46)40-31-41(40)49(47)52;1-2/h1-26,29-30,34,40-41H,27-28,31H2;1H3. The molecule has 1 fully saturated rings. The van der Waals surface area contributed by atoms with Crippen molar-refractivity contribution in [1.29, 1.82) is 0 Å². The molecule has 3 nitrogen and oxygen atoms in total. The minimum atomic E-state index is 0.341. The van der Waals surface area contributed by atoms with Crippen molar-refractivity contribution in [2.45, 2.75) is 37.0 Å². The van der Waals surface area contributed by atoms with Crippen molar-refractivity contribution in [3.05, 3.63) is 198 Å². The second-order valence-electron chi connectivity index (χ2n) is 14.6. The third-order valence-electron chi connectivity index (χ3n) is 11.6. The highest BCUT2D eigenvalue weighted by molar-refractivity contribution is 14.1. The first-order valence-corrected chi connectivity index (χ1v) is 21.2. The minimum Gasteiger partial charge on any atom is -0.313 e. The van der Waals surface area contributed by atoms with Gasteiger partial charge in [0.15, 0.2) is 0 Å². The van der Waals surface area contributed by atoms with Crippen LogP contribution in [0.3, 0.4) is 0 Å². The Hall–Kier alpha value is -5.46. The Bertz CT molecular complexity index is 2720. The molecule has 3 unspecified atom stereocenters. The van der Waals surface area contributed by atoms with Crippen LogP contribution >= 0.6 is 22.6 Å². The quantitative estimate of drug-likeness (QED) is 0.125. The maximum absolute atomic E-state index is 5.55. The SMILES string of the molecule is C1=C(c2ccccc2)C=C(c2cccc(-n3c4c(c5ccccc53)-c3c(n(-c5ccccc5)c5ccccc35)C3CC43)n2)CCC1c1ccccc1.CI. The predicted octanol–water partition coefficient (Wildman–Crippen LogP) is 13.3. The van der Waals surface area contributed by atoms with Gasteiger partial charge in [-0.3, -0.25) is 4.57 Å². The summed E-state index contributed by atoms with van der Waals surface area (Å²) < 4.78 is 5.05. The van der Waals surface area contributed by atoms with Gasteiger partial charge in [-0.25, -0.2) is 4.98 Å². The number of halogens is 1. The number of fused-ring (bicyclic) bond motifs is 10. The van der Waals surface area contributed by atoms with Crippen LogP contribution < -0.4 is 0 Å². The second-order valence-corrected chi connectivity index (χ2v) is 14.6. The molecule has 0 bridgehead atoms. The fourth-order valence-electron chi connectivity index (χ4n) is 9.27.